The van der Waals surface area contributed by atoms with Crippen molar-refractivity contribution in [1.29, 1.82) is 0 Å². The number of hydrogen-bond acceptors (Lipinski definition) is 4. The second kappa shape index (κ2) is 6.02. The van der Waals surface area contributed by atoms with Crippen LogP contribution < -0.4 is 5.73 Å². The Balaban J connectivity index is 1.85. The highest BCUT2D eigenvalue weighted by atomic mass is 32.1. The molecule has 0 saturated carbocycles. The van der Waals surface area contributed by atoms with Crippen molar-refractivity contribution in [2.45, 2.75) is 26.6 Å². The summed E-state index contributed by atoms with van der Waals surface area (Å²) >= 11 is 1.81. The molecule has 0 fully saturated rings. The Labute approximate surface area is 129 Å². The molecule has 2 heterocycles. The zero-order valence-electron chi connectivity index (χ0n) is 12.4. The SMILES string of the molecule is Cc1occc1CN(C)Cc1c(CN)sc2ccccc12. The van der Waals surface area contributed by atoms with E-state index in [0.29, 0.717) is 6.54 Å². The lowest BCUT2D eigenvalue weighted by Gasteiger charge is -2.17. The minimum Gasteiger partial charge on any atom is -0.469 e. The van der Waals surface area contributed by atoms with Crippen molar-refractivity contribution in [1.82, 2.24) is 4.90 Å². The molecule has 0 unspecified atom stereocenters. The number of nitrogens with two attached hydrogens (primary N) is 1. The lowest BCUT2D eigenvalue weighted by molar-refractivity contribution is 0.317. The van der Waals surface area contributed by atoms with Gasteiger partial charge in [-0.15, -0.1) is 11.3 Å². The Morgan fingerprint density at radius 1 is 1.19 bits per heavy atom. The van der Waals surface area contributed by atoms with E-state index in [9.17, 15) is 0 Å². The van der Waals surface area contributed by atoms with E-state index in [-0.39, 0.29) is 0 Å². The number of thiophene rings is 1. The molecule has 21 heavy (non-hydrogen) atoms. The normalized spacial score (nSPS) is 11.6. The molecule has 0 aliphatic rings. The molecule has 0 radical (unpaired) electrons. The van der Waals surface area contributed by atoms with Gasteiger partial charge in [-0.1, -0.05) is 18.2 Å². The Morgan fingerprint density at radius 2 is 2.00 bits per heavy atom. The maximum atomic E-state index is 5.93. The van der Waals surface area contributed by atoms with Gasteiger partial charge >= 0.3 is 0 Å². The van der Waals surface area contributed by atoms with Crippen LogP contribution in [-0.4, -0.2) is 11.9 Å². The summed E-state index contributed by atoms with van der Waals surface area (Å²) in [6, 6.07) is 10.6. The smallest absolute Gasteiger partial charge is 0.105 e. The molecule has 3 rings (SSSR count). The van der Waals surface area contributed by atoms with E-state index in [1.54, 1.807) is 17.6 Å². The standard InChI is InChI=1S/C17H20N2OS/c1-12-13(7-8-20-12)10-19(2)11-15-14-5-3-4-6-16(14)21-17(15)9-18/h3-8H,9-11,18H2,1-2H3. The van der Waals surface area contributed by atoms with Gasteiger partial charge in [-0.25, -0.2) is 0 Å². The van der Waals surface area contributed by atoms with Crippen LogP contribution in [0.25, 0.3) is 10.1 Å². The molecule has 0 aliphatic carbocycles. The summed E-state index contributed by atoms with van der Waals surface area (Å²) in [5, 5.41) is 1.33. The summed E-state index contributed by atoms with van der Waals surface area (Å²) in [4.78, 5) is 3.60. The fraction of sp³-hybridized carbons (Fsp3) is 0.294. The number of hydrogen-bond donors (Lipinski definition) is 1. The molecule has 3 nitrogen and oxygen atoms in total. The predicted octanol–water partition coefficient (Wildman–Crippen LogP) is 3.89. The first-order chi connectivity index (χ1) is 10.2. The minimum absolute atomic E-state index is 0.604. The fourth-order valence-corrected chi connectivity index (χ4v) is 3.77. The average Bonchev–Trinajstić information content (AvgIpc) is 3.04. The number of nitrogens with zero attached hydrogens (tertiary/aromatic N) is 1. The number of furan rings is 1. The first-order valence-corrected chi connectivity index (χ1v) is 7.91. The van der Waals surface area contributed by atoms with E-state index in [1.807, 2.05) is 13.0 Å². The van der Waals surface area contributed by atoms with Crippen molar-refractivity contribution in [3.63, 3.8) is 0 Å². The number of benzene rings is 1. The molecule has 2 N–H and O–H groups in total. The second-order valence-electron chi connectivity index (χ2n) is 5.38. The third-order valence-corrected chi connectivity index (χ3v) is 5.04. The van der Waals surface area contributed by atoms with Gasteiger partial charge in [0.25, 0.3) is 0 Å². The summed E-state index contributed by atoms with van der Waals surface area (Å²) in [6.45, 7) is 4.40. The minimum atomic E-state index is 0.604. The molecule has 0 saturated heterocycles. The van der Waals surface area contributed by atoms with Crippen LogP contribution in [0.15, 0.2) is 41.0 Å². The molecule has 0 bridgehead atoms. The van der Waals surface area contributed by atoms with Crippen LogP contribution in [0.3, 0.4) is 0 Å². The van der Waals surface area contributed by atoms with Crippen LogP contribution in [-0.2, 0) is 19.6 Å². The van der Waals surface area contributed by atoms with Crippen molar-refractivity contribution in [3.05, 3.63) is 58.4 Å². The van der Waals surface area contributed by atoms with Gasteiger partial charge in [-0.3, -0.25) is 4.90 Å². The van der Waals surface area contributed by atoms with E-state index >= 15 is 0 Å². The summed E-state index contributed by atoms with van der Waals surface area (Å²) in [5.74, 6) is 0.996. The van der Waals surface area contributed by atoms with Crippen LogP contribution in [0.5, 0.6) is 0 Å². The van der Waals surface area contributed by atoms with Gasteiger partial charge in [-0.2, -0.15) is 0 Å². The summed E-state index contributed by atoms with van der Waals surface area (Å²) in [5.41, 5.74) is 8.53. The highest BCUT2D eigenvalue weighted by molar-refractivity contribution is 7.19. The zero-order valence-corrected chi connectivity index (χ0v) is 13.2. The highest BCUT2D eigenvalue weighted by Crippen LogP contribution is 2.32. The molecule has 0 atom stereocenters. The topological polar surface area (TPSA) is 42.4 Å². The van der Waals surface area contributed by atoms with Crippen LogP contribution in [0.1, 0.15) is 21.8 Å². The van der Waals surface area contributed by atoms with Crippen molar-refractivity contribution >= 4 is 21.4 Å². The zero-order chi connectivity index (χ0) is 14.8. The Morgan fingerprint density at radius 3 is 2.71 bits per heavy atom. The molecule has 110 valence electrons. The van der Waals surface area contributed by atoms with Gasteiger partial charge in [0, 0.05) is 34.8 Å². The fourth-order valence-electron chi connectivity index (χ4n) is 2.68. The third kappa shape index (κ3) is 2.88. The van der Waals surface area contributed by atoms with Crippen molar-refractivity contribution in [2.75, 3.05) is 7.05 Å². The molecule has 0 amide bonds. The molecule has 3 aromatic rings. The second-order valence-corrected chi connectivity index (χ2v) is 6.52. The maximum Gasteiger partial charge on any atom is 0.105 e. The van der Waals surface area contributed by atoms with Gasteiger partial charge in [0.1, 0.15) is 5.76 Å². The van der Waals surface area contributed by atoms with Crippen molar-refractivity contribution in [3.8, 4) is 0 Å². The summed E-state index contributed by atoms with van der Waals surface area (Å²) < 4.78 is 6.69. The predicted molar refractivity (Wildman–Crippen MR) is 88.3 cm³/mol. The van der Waals surface area contributed by atoms with Gasteiger partial charge in [-0.05, 0) is 37.1 Å². The van der Waals surface area contributed by atoms with Crippen molar-refractivity contribution < 1.29 is 4.42 Å². The number of fused-ring (bicyclic) bond motifs is 1. The number of aryl methyl sites for hydroxylation is 1. The lowest BCUT2D eigenvalue weighted by atomic mass is 10.1. The van der Waals surface area contributed by atoms with E-state index in [4.69, 9.17) is 10.2 Å². The van der Waals surface area contributed by atoms with E-state index in [0.717, 1.165) is 18.8 Å². The summed E-state index contributed by atoms with van der Waals surface area (Å²) in [7, 11) is 2.14. The van der Waals surface area contributed by atoms with Crippen LogP contribution in [0.4, 0.5) is 0 Å². The lowest BCUT2D eigenvalue weighted by Crippen LogP contribution is -2.18. The molecular weight excluding hydrogens is 280 g/mol. The quantitative estimate of drug-likeness (QED) is 0.777. The molecule has 4 heteroatoms. The summed E-state index contributed by atoms with van der Waals surface area (Å²) in [6.07, 6.45) is 1.75. The van der Waals surface area contributed by atoms with Gasteiger partial charge < -0.3 is 10.2 Å². The highest BCUT2D eigenvalue weighted by Gasteiger charge is 2.13. The maximum absolute atomic E-state index is 5.93. The van der Waals surface area contributed by atoms with Crippen molar-refractivity contribution in [2.24, 2.45) is 5.73 Å². The Kier molecular flexibility index (Phi) is 4.10. The molecule has 1 aromatic carbocycles. The van der Waals surface area contributed by atoms with E-state index in [2.05, 4.69) is 36.2 Å². The number of rotatable bonds is 5. The largest absolute Gasteiger partial charge is 0.469 e. The van der Waals surface area contributed by atoms with Gasteiger partial charge in [0.15, 0.2) is 0 Å². The first-order valence-electron chi connectivity index (χ1n) is 7.10. The molecule has 2 aromatic heterocycles. The Bertz CT molecular complexity index is 744. The molecule has 0 spiro atoms. The van der Waals surface area contributed by atoms with Gasteiger partial charge in [0.05, 0.1) is 6.26 Å². The third-order valence-electron chi connectivity index (χ3n) is 3.80. The monoisotopic (exact) mass is 300 g/mol. The average molecular weight is 300 g/mol. The van der Waals surface area contributed by atoms with E-state index in [1.165, 1.54) is 26.1 Å². The molecule has 0 aliphatic heterocycles. The Hall–Kier alpha value is -1.62. The first kappa shape index (κ1) is 14.3. The van der Waals surface area contributed by atoms with Crippen LogP contribution in [0.2, 0.25) is 0 Å². The van der Waals surface area contributed by atoms with E-state index < -0.39 is 0 Å². The van der Waals surface area contributed by atoms with Crippen LogP contribution >= 0.6 is 11.3 Å². The van der Waals surface area contributed by atoms with Crippen LogP contribution in [0, 0.1) is 6.92 Å². The molecular formula is C17H20N2OS. The van der Waals surface area contributed by atoms with Gasteiger partial charge in [0.2, 0.25) is 0 Å².